The summed E-state index contributed by atoms with van der Waals surface area (Å²) in [5, 5.41) is 2.96. The average Bonchev–Trinajstić information content (AvgIpc) is 3.34. The molecule has 4 aromatic rings. The lowest BCUT2D eigenvalue weighted by Gasteiger charge is -2.34. The van der Waals surface area contributed by atoms with Crippen LogP contribution < -0.4 is 10.1 Å². The lowest BCUT2D eigenvalue weighted by Crippen LogP contribution is -2.45. The molecule has 2 aromatic heterocycles. The smallest absolute Gasteiger partial charge is 0.262 e. The molecule has 3 heterocycles. The van der Waals surface area contributed by atoms with E-state index in [1.165, 1.54) is 11.1 Å². The molecule has 2 aromatic carbocycles. The zero-order chi connectivity index (χ0) is 24.9. The Hall–Kier alpha value is -3.68. The molecule has 1 fully saturated rings. The Morgan fingerprint density at radius 1 is 1.00 bits per heavy atom. The molecule has 7 heteroatoms. The maximum atomic E-state index is 12.5. The van der Waals surface area contributed by atoms with Gasteiger partial charge in [0.25, 0.3) is 5.91 Å². The van der Waals surface area contributed by atoms with Crippen LogP contribution in [0, 0.1) is 6.92 Å². The molecule has 0 unspecified atom stereocenters. The molecular formula is C29H33N5O2. The summed E-state index contributed by atoms with van der Waals surface area (Å²) in [6, 6.07) is 19.8. The molecule has 5 rings (SSSR count). The van der Waals surface area contributed by atoms with Crippen molar-refractivity contribution in [1.29, 1.82) is 0 Å². The Balaban J connectivity index is 1.13. The summed E-state index contributed by atoms with van der Waals surface area (Å²) in [7, 11) is 0. The maximum absolute atomic E-state index is 12.5. The number of aromatic nitrogens is 2. The van der Waals surface area contributed by atoms with Gasteiger partial charge in [0, 0.05) is 50.2 Å². The van der Waals surface area contributed by atoms with Gasteiger partial charge in [0.2, 0.25) is 0 Å². The van der Waals surface area contributed by atoms with Crippen LogP contribution in [0.15, 0.2) is 73.1 Å². The van der Waals surface area contributed by atoms with Crippen molar-refractivity contribution in [2.45, 2.75) is 20.4 Å². The van der Waals surface area contributed by atoms with Gasteiger partial charge < -0.3 is 15.0 Å². The number of fused-ring (bicyclic) bond motifs is 1. The van der Waals surface area contributed by atoms with Gasteiger partial charge in [-0.05, 0) is 73.1 Å². The van der Waals surface area contributed by atoms with Crippen LogP contribution in [0.1, 0.15) is 18.1 Å². The van der Waals surface area contributed by atoms with Gasteiger partial charge in [-0.25, -0.2) is 4.98 Å². The number of benzene rings is 2. The first-order valence-electron chi connectivity index (χ1n) is 12.6. The normalized spacial score (nSPS) is 14.7. The van der Waals surface area contributed by atoms with Crippen LogP contribution >= 0.6 is 0 Å². The Kier molecular flexibility index (Phi) is 7.30. The van der Waals surface area contributed by atoms with Crippen molar-refractivity contribution in [3.63, 3.8) is 0 Å². The molecule has 0 aliphatic carbocycles. The second-order valence-corrected chi connectivity index (χ2v) is 9.29. The van der Waals surface area contributed by atoms with E-state index in [1.807, 2.05) is 71.4 Å². The second-order valence-electron chi connectivity index (χ2n) is 9.29. The summed E-state index contributed by atoms with van der Waals surface area (Å²) in [5.41, 5.74) is 6.24. The third-order valence-electron chi connectivity index (χ3n) is 6.87. The number of piperazine rings is 1. The minimum atomic E-state index is -0.177. The minimum absolute atomic E-state index is 0.0442. The summed E-state index contributed by atoms with van der Waals surface area (Å²) in [6.07, 6.45) is 3.85. The van der Waals surface area contributed by atoms with Gasteiger partial charge in [0.05, 0.1) is 11.9 Å². The number of nitrogens with zero attached hydrogens (tertiary/aromatic N) is 4. The predicted molar refractivity (Wildman–Crippen MR) is 143 cm³/mol. The molecule has 0 atom stereocenters. The van der Waals surface area contributed by atoms with Crippen molar-refractivity contribution >= 4 is 17.2 Å². The summed E-state index contributed by atoms with van der Waals surface area (Å²) >= 11 is 0. The molecule has 0 bridgehead atoms. The highest BCUT2D eigenvalue weighted by Crippen LogP contribution is 2.24. The Morgan fingerprint density at radius 2 is 1.78 bits per heavy atom. The van der Waals surface area contributed by atoms with Crippen molar-refractivity contribution in [2.24, 2.45) is 0 Å². The third-order valence-corrected chi connectivity index (χ3v) is 6.87. The Bertz CT molecular complexity index is 1320. The number of carbonyl (C=O) groups excluding carboxylic acids is 1. The first kappa shape index (κ1) is 24.0. The van der Waals surface area contributed by atoms with E-state index in [-0.39, 0.29) is 12.5 Å². The first-order valence-corrected chi connectivity index (χ1v) is 12.6. The van der Waals surface area contributed by atoms with Crippen LogP contribution in [0.5, 0.6) is 5.75 Å². The number of nitrogens with one attached hydrogen (secondary N) is 1. The number of carbonyl (C=O) groups is 1. The summed E-state index contributed by atoms with van der Waals surface area (Å²) in [4.78, 5) is 21.9. The summed E-state index contributed by atoms with van der Waals surface area (Å²) in [6.45, 7) is 10.8. The van der Waals surface area contributed by atoms with Gasteiger partial charge in [0.15, 0.2) is 6.61 Å². The number of anilines is 1. The maximum Gasteiger partial charge on any atom is 0.262 e. The van der Waals surface area contributed by atoms with E-state index < -0.39 is 0 Å². The van der Waals surface area contributed by atoms with E-state index in [4.69, 9.17) is 4.74 Å². The van der Waals surface area contributed by atoms with Gasteiger partial charge in [-0.1, -0.05) is 19.1 Å². The summed E-state index contributed by atoms with van der Waals surface area (Å²) in [5.74, 6) is 0.473. The molecule has 0 saturated carbocycles. The number of amides is 1. The molecule has 1 aliphatic heterocycles. The topological polar surface area (TPSA) is 62.1 Å². The molecule has 186 valence electrons. The largest absolute Gasteiger partial charge is 0.484 e. The van der Waals surface area contributed by atoms with Crippen LogP contribution in [0.2, 0.25) is 0 Å². The molecule has 36 heavy (non-hydrogen) atoms. The van der Waals surface area contributed by atoms with Gasteiger partial charge in [-0.15, -0.1) is 0 Å². The highest BCUT2D eigenvalue weighted by atomic mass is 16.5. The molecule has 1 N–H and O–H groups in total. The lowest BCUT2D eigenvalue weighted by atomic mass is 10.1. The van der Waals surface area contributed by atoms with Crippen LogP contribution in [0.3, 0.4) is 0 Å². The van der Waals surface area contributed by atoms with E-state index in [2.05, 4.69) is 40.0 Å². The first-order chi connectivity index (χ1) is 17.6. The lowest BCUT2D eigenvalue weighted by molar-refractivity contribution is -0.118. The number of imidazole rings is 1. The van der Waals surface area contributed by atoms with Gasteiger partial charge in [-0.3, -0.25) is 14.1 Å². The fourth-order valence-electron chi connectivity index (χ4n) is 4.67. The number of rotatable bonds is 8. The van der Waals surface area contributed by atoms with E-state index in [1.54, 1.807) is 0 Å². The standard InChI is InChI=1S/C29H33N5O2/c1-3-32-14-16-33(17-15-32)20-24-7-10-25(18-22(24)2)31-29(35)21-36-26-11-8-23(9-12-26)27-19-30-28-6-4-5-13-34(27)28/h4-13,18-19H,3,14-17,20-21H2,1-2H3,(H,31,35). The van der Waals surface area contributed by atoms with E-state index in [0.29, 0.717) is 5.75 Å². The van der Waals surface area contributed by atoms with Gasteiger partial charge in [0.1, 0.15) is 11.4 Å². The van der Waals surface area contributed by atoms with Crippen LogP contribution in [0.4, 0.5) is 5.69 Å². The fourth-order valence-corrected chi connectivity index (χ4v) is 4.67. The van der Waals surface area contributed by atoms with E-state index >= 15 is 0 Å². The quantitative estimate of drug-likeness (QED) is 0.401. The van der Waals surface area contributed by atoms with Crippen molar-refractivity contribution in [3.8, 4) is 17.0 Å². The molecule has 7 nitrogen and oxygen atoms in total. The van der Waals surface area contributed by atoms with Crippen LogP contribution in [0.25, 0.3) is 16.9 Å². The second kappa shape index (κ2) is 10.9. The number of pyridine rings is 1. The fraction of sp³-hybridized carbons (Fsp3) is 0.310. The van der Waals surface area contributed by atoms with E-state index in [9.17, 15) is 4.79 Å². The number of likely N-dealkylation sites (N-methyl/N-ethyl adjacent to an activating group) is 1. The SMILES string of the molecule is CCN1CCN(Cc2ccc(NC(=O)COc3ccc(-c4cnc5ccccn45)cc3)cc2C)CC1. The molecule has 1 amide bonds. The predicted octanol–water partition coefficient (Wildman–Crippen LogP) is 4.46. The zero-order valence-corrected chi connectivity index (χ0v) is 21.0. The Morgan fingerprint density at radius 3 is 2.53 bits per heavy atom. The highest BCUT2D eigenvalue weighted by Gasteiger charge is 2.16. The van der Waals surface area contributed by atoms with Crippen LogP contribution in [-0.2, 0) is 11.3 Å². The van der Waals surface area contributed by atoms with Gasteiger partial charge >= 0.3 is 0 Å². The van der Waals surface area contributed by atoms with Crippen molar-refractivity contribution in [1.82, 2.24) is 19.2 Å². The monoisotopic (exact) mass is 483 g/mol. The number of hydrogen-bond acceptors (Lipinski definition) is 5. The minimum Gasteiger partial charge on any atom is -0.484 e. The molecule has 0 spiro atoms. The molecule has 1 saturated heterocycles. The van der Waals surface area contributed by atoms with E-state index in [0.717, 1.165) is 61.9 Å². The zero-order valence-electron chi connectivity index (χ0n) is 21.0. The number of ether oxygens (including phenoxy) is 1. The average molecular weight is 484 g/mol. The highest BCUT2D eigenvalue weighted by molar-refractivity contribution is 5.92. The number of aryl methyl sites for hydroxylation is 1. The molecule has 0 radical (unpaired) electrons. The molecule has 1 aliphatic rings. The Labute approximate surface area is 212 Å². The number of hydrogen-bond donors (Lipinski definition) is 1. The van der Waals surface area contributed by atoms with Crippen molar-refractivity contribution in [3.05, 3.63) is 84.2 Å². The van der Waals surface area contributed by atoms with Crippen LogP contribution in [-0.4, -0.2) is 64.4 Å². The molecular weight excluding hydrogens is 450 g/mol. The van der Waals surface area contributed by atoms with Crippen molar-refractivity contribution < 1.29 is 9.53 Å². The van der Waals surface area contributed by atoms with Gasteiger partial charge in [-0.2, -0.15) is 0 Å². The summed E-state index contributed by atoms with van der Waals surface area (Å²) < 4.78 is 7.77. The third kappa shape index (κ3) is 5.58. The van der Waals surface area contributed by atoms with Crippen molar-refractivity contribution in [2.75, 3.05) is 44.6 Å².